The third-order valence-corrected chi connectivity index (χ3v) is 2.68. The van der Waals surface area contributed by atoms with E-state index in [-0.39, 0.29) is 11.1 Å². The van der Waals surface area contributed by atoms with Crippen molar-refractivity contribution >= 4 is 11.6 Å². The highest BCUT2D eigenvalue weighted by Gasteiger charge is 2.41. The number of nitrogens with zero attached hydrogens (tertiary/aromatic N) is 2. The zero-order valence-corrected chi connectivity index (χ0v) is 11.2. The summed E-state index contributed by atoms with van der Waals surface area (Å²) in [7, 11) is 0. The van der Waals surface area contributed by atoms with Gasteiger partial charge in [-0.25, -0.2) is 0 Å². The molecule has 0 unspecified atom stereocenters. The number of hydrogen-bond donors (Lipinski definition) is 0. The molecule has 0 amide bonds. The second-order valence-corrected chi connectivity index (χ2v) is 5.68. The molecule has 17 heavy (non-hydrogen) atoms. The maximum atomic E-state index is 12.7. The number of rotatable bonds is 1. The molecule has 0 atom stereocenters. The number of alkyl halides is 3. The van der Waals surface area contributed by atoms with Crippen LogP contribution in [0.3, 0.4) is 0 Å². The van der Waals surface area contributed by atoms with Crippen LogP contribution in [-0.2, 0) is 11.6 Å². The fraction of sp³-hybridized carbons (Fsp3) is 0.727. The molecule has 98 valence electrons. The Morgan fingerprint density at radius 1 is 1.18 bits per heavy atom. The van der Waals surface area contributed by atoms with Gasteiger partial charge in [-0.1, -0.05) is 32.4 Å². The van der Waals surface area contributed by atoms with E-state index >= 15 is 0 Å². The van der Waals surface area contributed by atoms with Crippen LogP contribution in [0.25, 0.3) is 0 Å². The highest BCUT2D eigenvalue weighted by atomic mass is 35.5. The van der Waals surface area contributed by atoms with Gasteiger partial charge >= 0.3 is 6.18 Å². The van der Waals surface area contributed by atoms with Crippen molar-refractivity contribution in [3.8, 4) is 0 Å². The summed E-state index contributed by atoms with van der Waals surface area (Å²) in [4.78, 5) is 0. The standard InChI is InChI=1S/C11H16ClF3N2/c1-6(2)17-9(10(3,4)5)7(12)8(16-17)11(13,14)15/h6H,1-5H3. The molecule has 0 saturated heterocycles. The molecule has 0 bridgehead atoms. The van der Waals surface area contributed by atoms with Crippen LogP contribution in [0.4, 0.5) is 13.2 Å². The fourth-order valence-electron chi connectivity index (χ4n) is 1.64. The summed E-state index contributed by atoms with van der Waals surface area (Å²) in [6, 6.07) is -0.169. The third kappa shape index (κ3) is 2.76. The Labute approximate surface area is 104 Å². The molecule has 0 aliphatic rings. The van der Waals surface area contributed by atoms with Crippen molar-refractivity contribution in [2.24, 2.45) is 0 Å². The predicted molar refractivity (Wildman–Crippen MR) is 61.3 cm³/mol. The van der Waals surface area contributed by atoms with E-state index < -0.39 is 17.3 Å². The average Bonchev–Trinajstić information content (AvgIpc) is 2.40. The van der Waals surface area contributed by atoms with Crippen LogP contribution in [0, 0.1) is 0 Å². The third-order valence-electron chi connectivity index (χ3n) is 2.32. The number of halogens is 4. The second kappa shape index (κ2) is 4.19. The van der Waals surface area contributed by atoms with Crippen LogP contribution in [0.1, 0.15) is 52.0 Å². The molecule has 0 aliphatic carbocycles. The van der Waals surface area contributed by atoms with E-state index in [2.05, 4.69) is 5.10 Å². The molecular weight excluding hydrogens is 253 g/mol. The van der Waals surface area contributed by atoms with Crippen molar-refractivity contribution in [2.45, 2.75) is 52.3 Å². The van der Waals surface area contributed by atoms with Gasteiger partial charge in [0.05, 0.1) is 10.7 Å². The summed E-state index contributed by atoms with van der Waals surface area (Å²) in [6.45, 7) is 9.00. The van der Waals surface area contributed by atoms with Crippen molar-refractivity contribution in [1.29, 1.82) is 0 Å². The van der Waals surface area contributed by atoms with Gasteiger partial charge in [0, 0.05) is 11.5 Å². The van der Waals surface area contributed by atoms with Crippen LogP contribution in [-0.4, -0.2) is 9.78 Å². The SMILES string of the molecule is CC(C)n1nc(C(F)(F)F)c(Cl)c1C(C)(C)C. The minimum absolute atomic E-state index is 0.169. The molecule has 0 spiro atoms. The van der Waals surface area contributed by atoms with E-state index in [1.165, 1.54) is 4.68 Å². The molecule has 1 aromatic rings. The van der Waals surface area contributed by atoms with Crippen LogP contribution >= 0.6 is 11.6 Å². The van der Waals surface area contributed by atoms with Crippen molar-refractivity contribution in [1.82, 2.24) is 9.78 Å². The molecule has 2 nitrogen and oxygen atoms in total. The highest BCUT2D eigenvalue weighted by molar-refractivity contribution is 6.32. The Morgan fingerprint density at radius 2 is 1.65 bits per heavy atom. The first-order valence-corrected chi connectivity index (χ1v) is 5.69. The van der Waals surface area contributed by atoms with Gasteiger partial charge in [0.15, 0.2) is 5.69 Å². The zero-order valence-electron chi connectivity index (χ0n) is 10.5. The Morgan fingerprint density at radius 3 is 1.88 bits per heavy atom. The molecule has 0 saturated carbocycles. The lowest BCUT2D eigenvalue weighted by atomic mass is 9.91. The molecule has 6 heteroatoms. The van der Waals surface area contributed by atoms with E-state index in [9.17, 15) is 13.2 Å². The van der Waals surface area contributed by atoms with Gasteiger partial charge in [0.2, 0.25) is 0 Å². The molecule has 1 heterocycles. The van der Waals surface area contributed by atoms with Gasteiger partial charge < -0.3 is 0 Å². The van der Waals surface area contributed by atoms with Crippen molar-refractivity contribution < 1.29 is 13.2 Å². The maximum absolute atomic E-state index is 12.7. The highest BCUT2D eigenvalue weighted by Crippen LogP contribution is 2.40. The van der Waals surface area contributed by atoms with Crippen molar-refractivity contribution in [3.63, 3.8) is 0 Å². The topological polar surface area (TPSA) is 17.8 Å². The maximum Gasteiger partial charge on any atom is 0.436 e. The van der Waals surface area contributed by atoms with Gasteiger partial charge in [0.25, 0.3) is 0 Å². The zero-order chi connectivity index (χ0) is 13.6. The fourth-order valence-corrected chi connectivity index (χ4v) is 2.16. The van der Waals surface area contributed by atoms with Crippen LogP contribution in [0.2, 0.25) is 5.02 Å². The Kier molecular flexibility index (Phi) is 3.54. The lowest BCUT2D eigenvalue weighted by Crippen LogP contribution is -2.20. The molecule has 0 radical (unpaired) electrons. The molecule has 1 rings (SSSR count). The summed E-state index contributed by atoms with van der Waals surface area (Å²) in [6.07, 6.45) is -4.52. The smallest absolute Gasteiger partial charge is 0.264 e. The van der Waals surface area contributed by atoms with E-state index in [1.807, 2.05) is 20.8 Å². The summed E-state index contributed by atoms with van der Waals surface area (Å²) in [5.74, 6) is 0. The molecule has 0 fully saturated rings. The van der Waals surface area contributed by atoms with Gasteiger partial charge in [-0.3, -0.25) is 4.68 Å². The molecule has 0 aliphatic heterocycles. The monoisotopic (exact) mass is 268 g/mol. The molecular formula is C11H16ClF3N2. The lowest BCUT2D eigenvalue weighted by molar-refractivity contribution is -0.141. The summed E-state index contributed by atoms with van der Waals surface area (Å²) < 4.78 is 39.6. The minimum Gasteiger partial charge on any atom is -0.264 e. The van der Waals surface area contributed by atoms with Crippen LogP contribution in [0.15, 0.2) is 0 Å². The molecule has 1 aromatic heterocycles. The van der Waals surface area contributed by atoms with Gasteiger partial charge in [-0.15, -0.1) is 0 Å². The molecule has 0 N–H and O–H groups in total. The first-order chi connectivity index (χ1) is 7.46. The summed E-state index contributed by atoms with van der Waals surface area (Å²) in [5, 5.41) is 3.31. The average molecular weight is 269 g/mol. The van der Waals surface area contributed by atoms with Gasteiger partial charge in [-0.2, -0.15) is 18.3 Å². The normalized spacial score (nSPS) is 13.5. The Bertz CT molecular complexity index is 414. The minimum atomic E-state index is -4.52. The van der Waals surface area contributed by atoms with Crippen LogP contribution < -0.4 is 0 Å². The van der Waals surface area contributed by atoms with E-state index in [0.717, 1.165) is 0 Å². The van der Waals surface area contributed by atoms with Gasteiger partial charge in [0.1, 0.15) is 0 Å². The number of hydrogen-bond acceptors (Lipinski definition) is 1. The number of aromatic nitrogens is 2. The summed E-state index contributed by atoms with van der Waals surface area (Å²) in [5.41, 5.74) is -1.07. The second-order valence-electron chi connectivity index (χ2n) is 5.30. The quantitative estimate of drug-likeness (QED) is 0.736. The first kappa shape index (κ1) is 14.4. The van der Waals surface area contributed by atoms with Gasteiger partial charge in [-0.05, 0) is 13.8 Å². The Hall–Kier alpha value is -0.710. The summed E-state index contributed by atoms with van der Waals surface area (Å²) >= 11 is 5.84. The largest absolute Gasteiger partial charge is 0.436 e. The van der Waals surface area contributed by atoms with E-state index in [1.54, 1.807) is 13.8 Å². The lowest BCUT2D eigenvalue weighted by Gasteiger charge is -2.22. The molecule has 0 aromatic carbocycles. The predicted octanol–water partition coefficient (Wildman–Crippen LogP) is 4.43. The van der Waals surface area contributed by atoms with Crippen LogP contribution in [0.5, 0.6) is 0 Å². The van der Waals surface area contributed by atoms with Crippen molar-refractivity contribution in [2.75, 3.05) is 0 Å². The van der Waals surface area contributed by atoms with E-state index in [4.69, 9.17) is 11.6 Å². The first-order valence-electron chi connectivity index (χ1n) is 5.32. The van der Waals surface area contributed by atoms with E-state index in [0.29, 0.717) is 5.69 Å². The Balaban J connectivity index is 3.53. The van der Waals surface area contributed by atoms with Crippen molar-refractivity contribution in [3.05, 3.63) is 16.4 Å².